The summed E-state index contributed by atoms with van der Waals surface area (Å²) >= 11 is 19.5. The summed E-state index contributed by atoms with van der Waals surface area (Å²) in [6.07, 6.45) is 0. The van der Waals surface area contributed by atoms with Crippen molar-refractivity contribution in [2.75, 3.05) is 0 Å². The van der Waals surface area contributed by atoms with E-state index in [1.807, 2.05) is 6.92 Å². The van der Waals surface area contributed by atoms with Gasteiger partial charge in [0.05, 0.1) is 15.4 Å². The van der Waals surface area contributed by atoms with Gasteiger partial charge in [0.2, 0.25) is 0 Å². The Balaban J connectivity index is 2.50. The van der Waals surface area contributed by atoms with Gasteiger partial charge in [-0.2, -0.15) is 0 Å². The Kier molecular flexibility index (Phi) is 3.70. The van der Waals surface area contributed by atoms with E-state index in [2.05, 4.69) is 10.2 Å². The predicted molar refractivity (Wildman–Crippen MR) is 69.6 cm³/mol. The molecule has 0 amide bonds. The maximum Gasteiger partial charge on any atom is 0.150 e. The van der Waals surface area contributed by atoms with Crippen molar-refractivity contribution in [2.24, 2.45) is 0 Å². The number of hydrogen-bond acceptors (Lipinski definition) is 3. The number of hydrogen-bond donors (Lipinski definition) is 0. The first-order valence-electron chi connectivity index (χ1n) is 4.51. The molecule has 0 radical (unpaired) electrons. The Bertz CT molecular complexity index is 490. The lowest BCUT2D eigenvalue weighted by atomic mass is 10.2. The zero-order chi connectivity index (χ0) is 11.7. The fourth-order valence-corrected chi connectivity index (χ4v) is 2.91. The van der Waals surface area contributed by atoms with Gasteiger partial charge < -0.3 is 0 Å². The zero-order valence-electron chi connectivity index (χ0n) is 8.25. The van der Waals surface area contributed by atoms with Gasteiger partial charge in [0, 0.05) is 5.56 Å². The van der Waals surface area contributed by atoms with E-state index in [0.717, 1.165) is 5.01 Å². The topological polar surface area (TPSA) is 25.8 Å². The van der Waals surface area contributed by atoms with Gasteiger partial charge in [-0.3, -0.25) is 0 Å². The molecule has 0 aliphatic rings. The Morgan fingerprint density at radius 1 is 1.19 bits per heavy atom. The summed E-state index contributed by atoms with van der Waals surface area (Å²) in [6.45, 7) is 1.85. The lowest BCUT2D eigenvalue weighted by Gasteiger charge is -2.01. The Morgan fingerprint density at radius 2 is 1.81 bits per heavy atom. The molecular weight excluding hydrogens is 287 g/mol. The van der Waals surface area contributed by atoms with Crippen molar-refractivity contribution < 1.29 is 0 Å². The van der Waals surface area contributed by atoms with Crippen molar-refractivity contribution >= 4 is 46.1 Å². The van der Waals surface area contributed by atoms with Gasteiger partial charge >= 0.3 is 0 Å². The molecule has 0 aliphatic carbocycles. The minimum atomic E-state index is -0.160. The number of rotatable bonds is 2. The SMILES string of the molecule is CC(Cl)c1nnc(-c2c(Cl)cccc2Cl)s1. The van der Waals surface area contributed by atoms with Crippen LogP contribution in [0.4, 0.5) is 0 Å². The Labute approximate surface area is 112 Å². The molecule has 1 aromatic carbocycles. The monoisotopic (exact) mass is 292 g/mol. The highest BCUT2D eigenvalue weighted by molar-refractivity contribution is 7.15. The van der Waals surface area contributed by atoms with E-state index in [4.69, 9.17) is 34.8 Å². The smallest absolute Gasteiger partial charge is 0.142 e. The summed E-state index contributed by atoms with van der Waals surface area (Å²) in [6, 6.07) is 5.34. The molecule has 0 bridgehead atoms. The van der Waals surface area contributed by atoms with Gasteiger partial charge in [0.25, 0.3) is 0 Å². The summed E-state index contributed by atoms with van der Waals surface area (Å²) in [4.78, 5) is 0. The fraction of sp³-hybridized carbons (Fsp3) is 0.200. The molecule has 2 rings (SSSR count). The first-order chi connectivity index (χ1) is 7.59. The molecule has 0 N–H and O–H groups in total. The molecule has 1 unspecified atom stereocenters. The number of alkyl halides is 1. The van der Waals surface area contributed by atoms with Gasteiger partial charge in [-0.05, 0) is 19.1 Å². The number of halogens is 3. The van der Waals surface area contributed by atoms with Crippen molar-refractivity contribution in [2.45, 2.75) is 12.3 Å². The second-order valence-corrected chi connectivity index (χ2v) is 5.64. The normalized spacial score (nSPS) is 12.8. The van der Waals surface area contributed by atoms with Crippen LogP contribution in [-0.4, -0.2) is 10.2 Å². The largest absolute Gasteiger partial charge is 0.150 e. The molecule has 0 fully saturated rings. The van der Waals surface area contributed by atoms with E-state index in [-0.39, 0.29) is 5.38 Å². The van der Waals surface area contributed by atoms with Crippen molar-refractivity contribution in [3.05, 3.63) is 33.3 Å². The molecule has 2 nitrogen and oxygen atoms in total. The first kappa shape index (κ1) is 12.1. The molecule has 2 aromatic rings. The maximum atomic E-state index is 6.07. The van der Waals surface area contributed by atoms with Crippen LogP contribution in [0.5, 0.6) is 0 Å². The molecule has 1 aromatic heterocycles. The maximum absolute atomic E-state index is 6.07. The predicted octanol–water partition coefficient (Wildman–Crippen LogP) is 4.81. The van der Waals surface area contributed by atoms with Crippen LogP contribution in [0.3, 0.4) is 0 Å². The highest BCUT2D eigenvalue weighted by Gasteiger charge is 2.15. The van der Waals surface area contributed by atoms with Crippen LogP contribution in [0.2, 0.25) is 10.0 Å². The molecule has 84 valence electrons. The summed E-state index contributed by atoms with van der Waals surface area (Å²) < 4.78 is 0. The van der Waals surface area contributed by atoms with E-state index in [9.17, 15) is 0 Å². The van der Waals surface area contributed by atoms with Crippen LogP contribution in [0.15, 0.2) is 18.2 Å². The quantitative estimate of drug-likeness (QED) is 0.742. The van der Waals surface area contributed by atoms with E-state index in [1.165, 1.54) is 11.3 Å². The number of benzene rings is 1. The van der Waals surface area contributed by atoms with Crippen LogP contribution < -0.4 is 0 Å². The molecule has 1 heterocycles. The summed E-state index contributed by atoms with van der Waals surface area (Å²) in [5, 5.41) is 10.5. The van der Waals surface area contributed by atoms with Crippen molar-refractivity contribution in [1.82, 2.24) is 10.2 Å². The molecular formula is C10H7Cl3N2S. The zero-order valence-corrected chi connectivity index (χ0v) is 11.3. The van der Waals surface area contributed by atoms with Crippen LogP contribution >= 0.6 is 46.1 Å². The average Bonchev–Trinajstić information content (AvgIpc) is 2.66. The van der Waals surface area contributed by atoms with Crippen LogP contribution in [0, 0.1) is 0 Å². The highest BCUT2D eigenvalue weighted by atomic mass is 35.5. The van der Waals surface area contributed by atoms with Gasteiger partial charge in [-0.15, -0.1) is 21.8 Å². The minimum Gasteiger partial charge on any atom is -0.142 e. The minimum absolute atomic E-state index is 0.160. The molecule has 0 aliphatic heterocycles. The Morgan fingerprint density at radius 3 is 2.31 bits per heavy atom. The van der Waals surface area contributed by atoms with E-state index < -0.39 is 0 Å². The van der Waals surface area contributed by atoms with Gasteiger partial charge in [-0.1, -0.05) is 40.6 Å². The van der Waals surface area contributed by atoms with Crippen molar-refractivity contribution in [3.63, 3.8) is 0 Å². The third-order valence-electron chi connectivity index (χ3n) is 1.96. The fourth-order valence-electron chi connectivity index (χ4n) is 1.20. The second-order valence-electron chi connectivity index (χ2n) is 3.16. The average molecular weight is 294 g/mol. The lowest BCUT2D eigenvalue weighted by Crippen LogP contribution is -1.81. The van der Waals surface area contributed by atoms with E-state index >= 15 is 0 Å². The first-order valence-corrected chi connectivity index (χ1v) is 6.52. The molecule has 0 saturated heterocycles. The second kappa shape index (κ2) is 4.88. The van der Waals surface area contributed by atoms with Crippen LogP contribution in [-0.2, 0) is 0 Å². The standard InChI is InChI=1S/C10H7Cl3N2S/c1-5(11)9-14-15-10(16-9)8-6(12)3-2-4-7(8)13/h2-5H,1H3. The third-order valence-corrected chi connectivity index (χ3v) is 4.05. The number of aromatic nitrogens is 2. The van der Waals surface area contributed by atoms with E-state index in [1.54, 1.807) is 18.2 Å². The molecule has 1 atom stereocenters. The molecule has 0 spiro atoms. The van der Waals surface area contributed by atoms with Crippen LogP contribution in [0.25, 0.3) is 10.6 Å². The molecule has 6 heteroatoms. The lowest BCUT2D eigenvalue weighted by molar-refractivity contribution is 0.962. The van der Waals surface area contributed by atoms with Gasteiger partial charge in [0.1, 0.15) is 5.01 Å². The molecule has 0 saturated carbocycles. The van der Waals surface area contributed by atoms with Gasteiger partial charge in [0.15, 0.2) is 5.01 Å². The van der Waals surface area contributed by atoms with Crippen LogP contribution in [0.1, 0.15) is 17.3 Å². The summed E-state index contributed by atoms with van der Waals surface area (Å²) in [5.74, 6) is 0. The molecule has 16 heavy (non-hydrogen) atoms. The summed E-state index contributed by atoms with van der Waals surface area (Å²) in [5.41, 5.74) is 0.715. The number of nitrogens with zero attached hydrogens (tertiary/aromatic N) is 2. The van der Waals surface area contributed by atoms with Gasteiger partial charge in [-0.25, -0.2) is 0 Å². The van der Waals surface area contributed by atoms with Crippen molar-refractivity contribution in [3.8, 4) is 10.6 Å². The third kappa shape index (κ3) is 2.33. The van der Waals surface area contributed by atoms with Crippen molar-refractivity contribution in [1.29, 1.82) is 0 Å². The van der Waals surface area contributed by atoms with E-state index in [0.29, 0.717) is 20.6 Å². The Hall–Kier alpha value is -0.350. The highest BCUT2D eigenvalue weighted by Crippen LogP contribution is 2.37. The summed E-state index contributed by atoms with van der Waals surface area (Å²) in [7, 11) is 0.